The van der Waals surface area contributed by atoms with Crippen LogP contribution in [0.15, 0.2) is 71.6 Å². The third-order valence-electron chi connectivity index (χ3n) is 7.83. The Hall–Kier alpha value is -3.72. The van der Waals surface area contributed by atoms with Crippen molar-refractivity contribution in [1.82, 2.24) is 10.2 Å². The zero-order valence-electron chi connectivity index (χ0n) is 24.1. The molecule has 0 aliphatic heterocycles. The van der Waals surface area contributed by atoms with Crippen LogP contribution in [-0.2, 0) is 26.2 Å². The van der Waals surface area contributed by atoms with Gasteiger partial charge in [0.1, 0.15) is 18.4 Å². The molecule has 0 spiro atoms. The fourth-order valence-electron chi connectivity index (χ4n) is 5.03. The van der Waals surface area contributed by atoms with Gasteiger partial charge in [0.2, 0.25) is 11.8 Å². The largest absolute Gasteiger partial charge is 0.352 e. The van der Waals surface area contributed by atoms with Crippen LogP contribution in [0.4, 0.5) is 10.1 Å². The van der Waals surface area contributed by atoms with Crippen LogP contribution in [0.5, 0.6) is 0 Å². The quantitative estimate of drug-likeness (QED) is 0.348. The summed E-state index contributed by atoms with van der Waals surface area (Å²) in [5.41, 5.74) is 3.31. The van der Waals surface area contributed by atoms with E-state index in [2.05, 4.69) is 5.32 Å². The van der Waals surface area contributed by atoms with Crippen molar-refractivity contribution in [2.45, 2.75) is 76.9 Å². The first-order valence-corrected chi connectivity index (χ1v) is 15.4. The fourth-order valence-corrected chi connectivity index (χ4v) is 6.44. The fraction of sp³-hybridized carbons (Fsp3) is 0.375. The summed E-state index contributed by atoms with van der Waals surface area (Å²) >= 11 is 0. The minimum absolute atomic E-state index is 0.0318. The van der Waals surface area contributed by atoms with E-state index < -0.39 is 34.3 Å². The molecular formula is C32H38FN3O4S. The zero-order chi connectivity index (χ0) is 29.7. The molecule has 1 atom stereocenters. The number of anilines is 1. The number of halogens is 1. The van der Waals surface area contributed by atoms with Crippen molar-refractivity contribution in [3.8, 4) is 0 Å². The van der Waals surface area contributed by atoms with Crippen LogP contribution in [0, 0.1) is 26.6 Å². The number of hydrogen-bond acceptors (Lipinski definition) is 4. The number of aryl methyl sites for hydroxylation is 3. The lowest BCUT2D eigenvalue weighted by molar-refractivity contribution is -0.139. The van der Waals surface area contributed by atoms with E-state index in [1.54, 1.807) is 49.4 Å². The van der Waals surface area contributed by atoms with Crippen molar-refractivity contribution in [3.05, 3.63) is 94.8 Å². The summed E-state index contributed by atoms with van der Waals surface area (Å²) in [6.07, 6.45) is 3.79. The normalized spacial score (nSPS) is 14.5. The first-order chi connectivity index (χ1) is 19.5. The highest BCUT2D eigenvalue weighted by atomic mass is 32.2. The summed E-state index contributed by atoms with van der Waals surface area (Å²) in [5.74, 6) is -1.47. The molecule has 1 N–H and O–H groups in total. The number of amides is 2. The van der Waals surface area contributed by atoms with E-state index >= 15 is 0 Å². The van der Waals surface area contributed by atoms with Crippen molar-refractivity contribution >= 4 is 27.5 Å². The van der Waals surface area contributed by atoms with Crippen LogP contribution < -0.4 is 9.62 Å². The standard InChI is InChI=1S/C32H38FN3O4S/c1-22-13-17-29(18-14-22)41(39,40)36(28-16-15-23(2)24(3)19-28)21-31(37)35(20-26-9-5-8-12-30(26)33)25(4)32(38)34-27-10-6-7-11-27/h5,8-9,12-19,25,27H,6-7,10-11,20-21H2,1-4H3,(H,34,38)/t25-/m1/s1. The van der Waals surface area contributed by atoms with Gasteiger partial charge in [-0.3, -0.25) is 13.9 Å². The lowest BCUT2D eigenvalue weighted by Crippen LogP contribution is -2.52. The smallest absolute Gasteiger partial charge is 0.264 e. The molecule has 1 aliphatic carbocycles. The molecule has 1 aliphatic rings. The number of hydrogen-bond donors (Lipinski definition) is 1. The van der Waals surface area contributed by atoms with E-state index in [0.717, 1.165) is 46.7 Å². The van der Waals surface area contributed by atoms with Gasteiger partial charge >= 0.3 is 0 Å². The Morgan fingerprint density at radius 2 is 1.61 bits per heavy atom. The first kappa shape index (κ1) is 30.2. The molecule has 9 heteroatoms. The molecule has 1 saturated carbocycles. The van der Waals surface area contributed by atoms with Gasteiger partial charge in [0.05, 0.1) is 10.6 Å². The molecule has 3 aromatic rings. The maximum atomic E-state index is 14.7. The lowest BCUT2D eigenvalue weighted by atomic mass is 10.1. The highest BCUT2D eigenvalue weighted by Gasteiger charge is 2.33. The number of rotatable bonds is 10. The molecule has 218 valence electrons. The maximum Gasteiger partial charge on any atom is 0.264 e. The lowest BCUT2D eigenvalue weighted by Gasteiger charge is -2.32. The number of nitrogens with zero attached hydrogens (tertiary/aromatic N) is 2. The Bertz CT molecular complexity index is 1500. The summed E-state index contributed by atoms with van der Waals surface area (Å²) in [6.45, 7) is 6.50. The highest BCUT2D eigenvalue weighted by molar-refractivity contribution is 7.92. The van der Waals surface area contributed by atoms with E-state index in [1.165, 1.54) is 23.1 Å². The molecule has 0 saturated heterocycles. The molecule has 0 heterocycles. The molecule has 0 bridgehead atoms. The molecule has 1 fully saturated rings. The Labute approximate surface area is 242 Å². The van der Waals surface area contributed by atoms with Crippen LogP contribution >= 0.6 is 0 Å². The highest BCUT2D eigenvalue weighted by Crippen LogP contribution is 2.27. The third-order valence-corrected chi connectivity index (χ3v) is 9.62. The monoisotopic (exact) mass is 579 g/mol. The van der Waals surface area contributed by atoms with Crippen molar-refractivity contribution in [2.75, 3.05) is 10.8 Å². The Kier molecular flexibility index (Phi) is 9.48. The van der Waals surface area contributed by atoms with Crippen LogP contribution in [-0.4, -0.2) is 43.8 Å². The second kappa shape index (κ2) is 12.9. The van der Waals surface area contributed by atoms with E-state index in [1.807, 2.05) is 26.8 Å². The van der Waals surface area contributed by atoms with E-state index in [9.17, 15) is 22.4 Å². The summed E-state index contributed by atoms with van der Waals surface area (Å²) < 4.78 is 43.7. The van der Waals surface area contributed by atoms with Crippen molar-refractivity contribution in [1.29, 1.82) is 0 Å². The average molecular weight is 580 g/mol. The second-order valence-electron chi connectivity index (χ2n) is 10.9. The number of carbonyl (C=O) groups excluding carboxylic acids is 2. The van der Waals surface area contributed by atoms with Gasteiger partial charge in [-0.15, -0.1) is 0 Å². The number of sulfonamides is 1. The molecule has 4 rings (SSSR count). The second-order valence-corrected chi connectivity index (χ2v) is 12.7. The van der Waals surface area contributed by atoms with Gasteiger partial charge in [0.25, 0.3) is 10.0 Å². The number of carbonyl (C=O) groups is 2. The predicted octanol–water partition coefficient (Wildman–Crippen LogP) is 5.42. The molecular weight excluding hydrogens is 541 g/mol. The molecule has 0 aromatic heterocycles. The molecule has 0 unspecified atom stereocenters. The maximum absolute atomic E-state index is 14.7. The number of benzene rings is 3. The van der Waals surface area contributed by atoms with Crippen molar-refractivity contribution in [3.63, 3.8) is 0 Å². The van der Waals surface area contributed by atoms with Gasteiger partial charge in [0, 0.05) is 18.2 Å². The third kappa shape index (κ3) is 7.14. The molecule has 2 amide bonds. The van der Waals surface area contributed by atoms with Crippen LogP contribution in [0.2, 0.25) is 0 Å². The topological polar surface area (TPSA) is 86.8 Å². The van der Waals surface area contributed by atoms with E-state index in [-0.39, 0.29) is 29.0 Å². The molecule has 41 heavy (non-hydrogen) atoms. The van der Waals surface area contributed by atoms with E-state index in [0.29, 0.717) is 5.69 Å². The van der Waals surface area contributed by atoms with Crippen molar-refractivity contribution in [2.24, 2.45) is 0 Å². The zero-order valence-corrected chi connectivity index (χ0v) is 24.9. The number of nitrogens with one attached hydrogen (secondary N) is 1. The van der Waals surface area contributed by atoms with Crippen molar-refractivity contribution < 1.29 is 22.4 Å². The summed E-state index contributed by atoms with van der Waals surface area (Å²) in [7, 11) is -4.16. The Morgan fingerprint density at radius 3 is 2.24 bits per heavy atom. The summed E-state index contributed by atoms with van der Waals surface area (Å²) in [6, 6.07) is 16.8. The predicted molar refractivity (Wildman–Crippen MR) is 158 cm³/mol. The van der Waals surface area contributed by atoms with Crippen LogP contribution in [0.3, 0.4) is 0 Å². The Morgan fingerprint density at radius 1 is 0.951 bits per heavy atom. The summed E-state index contributed by atoms with van der Waals surface area (Å²) in [4.78, 5) is 28.6. The minimum Gasteiger partial charge on any atom is -0.352 e. The van der Waals surface area contributed by atoms with Gasteiger partial charge < -0.3 is 10.2 Å². The molecule has 7 nitrogen and oxygen atoms in total. The van der Waals surface area contributed by atoms with E-state index in [4.69, 9.17) is 0 Å². The first-order valence-electron chi connectivity index (χ1n) is 14.0. The molecule has 0 radical (unpaired) electrons. The van der Waals surface area contributed by atoms with Crippen LogP contribution in [0.25, 0.3) is 0 Å². The van der Waals surface area contributed by atoms with Gasteiger partial charge in [-0.2, -0.15) is 0 Å². The van der Waals surface area contributed by atoms with Gasteiger partial charge in [-0.1, -0.05) is 54.8 Å². The van der Waals surface area contributed by atoms with Gasteiger partial charge in [-0.05, 0) is 82.0 Å². The van der Waals surface area contributed by atoms with Crippen LogP contribution in [0.1, 0.15) is 54.9 Å². The SMILES string of the molecule is Cc1ccc(S(=O)(=O)N(CC(=O)N(Cc2ccccc2F)[C@H](C)C(=O)NC2CCCC2)c2ccc(C)c(C)c2)cc1. The summed E-state index contributed by atoms with van der Waals surface area (Å²) in [5, 5.41) is 3.02. The van der Waals surface area contributed by atoms with Gasteiger partial charge in [0.15, 0.2) is 0 Å². The Balaban J connectivity index is 1.71. The molecule has 3 aromatic carbocycles. The van der Waals surface area contributed by atoms with Gasteiger partial charge in [-0.25, -0.2) is 12.8 Å². The average Bonchev–Trinajstić information content (AvgIpc) is 3.45. The minimum atomic E-state index is -4.16.